The van der Waals surface area contributed by atoms with E-state index in [0.717, 1.165) is 19.3 Å². The molecule has 0 aromatic heterocycles. The number of aliphatic hydroxyl groups is 2. The molecular weight excluding hydrogens is 366 g/mol. The molecule has 28 heavy (non-hydrogen) atoms. The summed E-state index contributed by atoms with van der Waals surface area (Å²) in [6.07, 6.45) is 5.05. The number of hydrogen-bond acceptors (Lipinski definition) is 9. The lowest BCUT2D eigenvalue weighted by atomic mass is 9.87. The van der Waals surface area contributed by atoms with Crippen molar-refractivity contribution in [3.63, 3.8) is 0 Å². The first-order chi connectivity index (χ1) is 13.3. The van der Waals surface area contributed by atoms with E-state index in [1.54, 1.807) is 4.58 Å². The Balaban J connectivity index is 1.58. The van der Waals surface area contributed by atoms with Gasteiger partial charge in [-0.15, -0.1) is 0 Å². The van der Waals surface area contributed by atoms with Gasteiger partial charge in [-0.3, -0.25) is 11.1 Å². The molecule has 1 spiro atoms. The highest BCUT2D eigenvalue weighted by Crippen LogP contribution is 2.40. The van der Waals surface area contributed by atoms with Crippen LogP contribution in [0.4, 0.5) is 4.79 Å². The number of carbonyl (C=O) groups is 1. The number of unbranched alkanes of at least 4 members (excludes halogenated alkanes) is 4. The van der Waals surface area contributed by atoms with E-state index in [-0.39, 0.29) is 24.9 Å². The van der Waals surface area contributed by atoms with E-state index in [2.05, 4.69) is 27.9 Å². The predicted molar refractivity (Wildman–Crippen MR) is 102 cm³/mol. The summed E-state index contributed by atoms with van der Waals surface area (Å²) in [5, 5.41) is 29.8. The highest BCUT2D eigenvalue weighted by atomic mass is 16.5. The first-order valence-corrected chi connectivity index (χ1v) is 9.95. The number of nitrogens with one attached hydrogen (secondary N) is 3. The van der Waals surface area contributed by atoms with Crippen molar-refractivity contribution in [3.8, 4) is 0 Å². The van der Waals surface area contributed by atoms with Crippen LogP contribution in [0.3, 0.4) is 0 Å². The van der Waals surface area contributed by atoms with E-state index in [0.29, 0.717) is 13.1 Å². The third-order valence-electron chi connectivity index (χ3n) is 5.69. The van der Waals surface area contributed by atoms with Crippen LogP contribution in [0, 0.1) is 0 Å². The van der Waals surface area contributed by atoms with E-state index >= 15 is 0 Å². The fourth-order valence-corrected chi connectivity index (χ4v) is 4.27. The Hall–Kier alpha value is -2.27. The molecule has 158 valence electrons. The number of amides is 1. The summed E-state index contributed by atoms with van der Waals surface area (Å²) in [7, 11) is 0. The van der Waals surface area contributed by atoms with Crippen molar-refractivity contribution in [3.05, 3.63) is 0 Å². The normalized spacial score (nSPS) is 30.0. The van der Waals surface area contributed by atoms with Gasteiger partial charge >= 0.3 is 12.1 Å². The first-order valence-electron chi connectivity index (χ1n) is 9.95. The average Bonchev–Trinajstić information content (AvgIpc) is 3.13. The molecule has 3 heterocycles. The van der Waals surface area contributed by atoms with Gasteiger partial charge in [-0.25, -0.2) is 14.4 Å². The quantitative estimate of drug-likeness (QED) is 0.140. The maximum atomic E-state index is 12.0. The molecule has 0 bridgehead atoms. The molecule has 0 aromatic carbocycles. The molecule has 1 amide bonds. The van der Waals surface area contributed by atoms with Crippen molar-refractivity contribution in [1.82, 2.24) is 16.0 Å². The van der Waals surface area contributed by atoms with E-state index < -0.39 is 29.6 Å². The maximum absolute atomic E-state index is 12.0. The van der Waals surface area contributed by atoms with Gasteiger partial charge in [0.2, 0.25) is 11.4 Å². The smallest absolute Gasteiger partial charge is 0.407 e. The minimum absolute atomic E-state index is 0.0445. The number of hydrogen-bond donors (Lipinski definition) is 7. The van der Waals surface area contributed by atoms with Crippen molar-refractivity contribution in [2.24, 2.45) is 16.5 Å². The van der Waals surface area contributed by atoms with E-state index in [4.69, 9.17) is 16.2 Å². The van der Waals surface area contributed by atoms with E-state index in [9.17, 15) is 15.0 Å². The van der Waals surface area contributed by atoms with Crippen molar-refractivity contribution >= 4 is 18.0 Å². The molecule has 1 saturated heterocycles. The van der Waals surface area contributed by atoms with Gasteiger partial charge in [-0.2, -0.15) is 0 Å². The van der Waals surface area contributed by atoms with Crippen LogP contribution >= 0.6 is 0 Å². The van der Waals surface area contributed by atoms with Crippen LogP contribution in [0.5, 0.6) is 0 Å². The zero-order valence-electron chi connectivity index (χ0n) is 16.3. The number of guanidine groups is 2. The monoisotopic (exact) mass is 398 g/mol. The Morgan fingerprint density at radius 2 is 2.11 bits per heavy atom. The molecule has 11 heteroatoms. The lowest BCUT2D eigenvalue weighted by Crippen LogP contribution is -2.77. The molecule has 0 aromatic rings. The fourth-order valence-electron chi connectivity index (χ4n) is 4.27. The first kappa shape index (κ1) is 20.5. The zero-order chi connectivity index (χ0) is 20.4. The van der Waals surface area contributed by atoms with Crippen LogP contribution in [0.2, 0.25) is 0 Å². The molecule has 3 aliphatic heterocycles. The molecule has 0 unspecified atom stereocenters. The molecular formula is C17H32N7O4+. The Morgan fingerprint density at radius 3 is 2.86 bits per heavy atom. The lowest BCUT2D eigenvalue weighted by molar-refractivity contribution is -0.623. The zero-order valence-corrected chi connectivity index (χ0v) is 16.3. The molecule has 0 saturated carbocycles. The van der Waals surface area contributed by atoms with Gasteiger partial charge in [0.1, 0.15) is 12.6 Å². The number of nitrogens with zero attached hydrogens (tertiary/aromatic N) is 2. The molecule has 9 N–H and O–H groups in total. The van der Waals surface area contributed by atoms with E-state index in [1.807, 2.05) is 0 Å². The van der Waals surface area contributed by atoms with Gasteiger partial charge in [-0.05, 0) is 6.42 Å². The van der Waals surface area contributed by atoms with Crippen LogP contribution in [0.1, 0.15) is 45.4 Å². The van der Waals surface area contributed by atoms with Crippen molar-refractivity contribution in [2.45, 2.75) is 69.0 Å². The summed E-state index contributed by atoms with van der Waals surface area (Å²) in [5.74, 6) is -1.75. The third kappa shape index (κ3) is 3.55. The van der Waals surface area contributed by atoms with Gasteiger partial charge in [0, 0.05) is 13.0 Å². The van der Waals surface area contributed by atoms with Gasteiger partial charge in [0.05, 0.1) is 6.54 Å². The standard InChI is InChI=1S/C17H31N7O4/c1-2-3-4-5-6-8-20-15(25)28-10-11-12-17(23-13(18)22-12)16(26,27)7-9-24(17)14(19)21-11/h11-12,26-27H,2-10H2,1H3,(H6,18,19,20,21,22,23,25)/p+1/t11-,12-,17-/m0/s1. The second-order valence-electron chi connectivity index (χ2n) is 7.64. The summed E-state index contributed by atoms with van der Waals surface area (Å²) < 4.78 is 6.93. The molecule has 1 fully saturated rings. The number of rotatable bonds is 8. The molecule has 11 nitrogen and oxygen atoms in total. The van der Waals surface area contributed by atoms with Gasteiger partial charge in [0.15, 0.2) is 12.0 Å². The van der Waals surface area contributed by atoms with Crippen molar-refractivity contribution in [1.29, 1.82) is 0 Å². The minimum atomic E-state index is -2.09. The predicted octanol–water partition coefficient (Wildman–Crippen LogP) is -1.95. The topological polar surface area (TPSA) is 170 Å². The number of alkyl carbamates (subject to hydrolysis) is 1. The molecule has 3 rings (SSSR count). The Labute approximate surface area is 164 Å². The van der Waals surface area contributed by atoms with Crippen LogP contribution in [0.15, 0.2) is 4.99 Å². The van der Waals surface area contributed by atoms with Crippen molar-refractivity contribution < 1.29 is 24.3 Å². The van der Waals surface area contributed by atoms with E-state index in [1.165, 1.54) is 12.8 Å². The fraction of sp³-hybridized carbons (Fsp3) is 0.824. The molecule has 0 aliphatic carbocycles. The highest BCUT2D eigenvalue weighted by Gasteiger charge is 2.71. The summed E-state index contributed by atoms with van der Waals surface area (Å²) in [4.78, 5) is 16.3. The summed E-state index contributed by atoms with van der Waals surface area (Å²) >= 11 is 0. The Kier molecular flexibility index (Phi) is 5.84. The Morgan fingerprint density at radius 1 is 1.36 bits per heavy atom. The number of nitrogens with two attached hydrogens (primary N) is 2. The summed E-state index contributed by atoms with van der Waals surface area (Å²) in [5.41, 5.74) is 10.6. The van der Waals surface area contributed by atoms with Crippen molar-refractivity contribution in [2.75, 3.05) is 19.7 Å². The Bertz CT molecular complexity index is 666. The van der Waals surface area contributed by atoms with Gasteiger partial charge < -0.3 is 31.3 Å². The number of carbonyl (C=O) groups excluding carboxylic acids is 1. The van der Waals surface area contributed by atoms with Gasteiger partial charge in [-0.1, -0.05) is 32.6 Å². The molecule has 3 aliphatic rings. The lowest BCUT2D eigenvalue weighted by Gasteiger charge is -2.42. The average molecular weight is 398 g/mol. The third-order valence-corrected chi connectivity index (χ3v) is 5.69. The SMILES string of the molecule is CCCCCCCNC(=O)OC[C@@H]1NC(N)=[N+]2CCC(O)(O)[C@@]23NC(N)=N[C@@H]13. The highest BCUT2D eigenvalue weighted by molar-refractivity contribution is 5.83. The van der Waals surface area contributed by atoms with Crippen LogP contribution in [-0.2, 0) is 4.74 Å². The second kappa shape index (κ2) is 8.00. The second-order valence-corrected chi connectivity index (χ2v) is 7.64. The van der Waals surface area contributed by atoms with Crippen LogP contribution in [0.25, 0.3) is 0 Å². The number of aliphatic imine (C=N–C) groups is 1. The molecule has 3 atom stereocenters. The minimum Gasteiger partial charge on any atom is -0.446 e. The largest absolute Gasteiger partial charge is 0.446 e. The molecule has 0 radical (unpaired) electrons. The number of ether oxygens (including phenoxy) is 1. The summed E-state index contributed by atoms with van der Waals surface area (Å²) in [6, 6.07) is -1.25. The summed E-state index contributed by atoms with van der Waals surface area (Å²) in [6.45, 7) is 2.99. The van der Waals surface area contributed by atoms with Gasteiger partial charge in [0.25, 0.3) is 0 Å². The van der Waals surface area contributed by atoms with Crippen LogP contribution < -0.4 is 27.4 Å². The maximum Gasteiger partial charge on any atom is 0.407 e. The van der Waals surface area contributed by atoms with Crippen LogP contribution in [-0.4, -0.2) is 76.0 Å².